The molecule has 6 heteroatoms. The molecule has 0 radical (unpaired) electrons. The summed E-state index contributed by atoms with van der Waals surface area (Å²) in [6.07, 6.45) is -6.06. The third-order valence-electron chi connectivity index (χ3n) is 4.03. The maximum atomic E-state index is 13.6. The van der Waals surface area contributed by atoms with Crippen molar-refractivity contribution < 1.29 is 22.7 Å². The zero-order valence-corrected chi connectivity index (χ0v) is 13.0. The number of hydrogen-bond acceptors (Lipinski definition) is 2. The summed E-state index contributed by atoms with van der Waals surface area (Å²) in [5.41, 5.74) is 0.134. The van der Waals surface area contributed by atoms with Gasteiger partial charge in [0, 0.05) is 12.5 Å². The van der Waals surface area contributed by atoms with E-state index >= 15 is 0 Å². The molecule has 1 aliphatic carbocycles. The average Bonchev–Trinajstić information content (AvgIpc) is 2.34. The molecule has 0 aromatic heterocycles. The van der Waals surface area contributed by atoms with Crippen LogP contribution in [-0.4, -0.2) is 41.7 Å². The average molecular weight is 311 g/mol. The molecule has 0 bridgehead atoms. The number of aliphatic hydroxyl groups excluding tert-OH is 1. The van der Waals surface area contributed by atoms with E-state index in [2.05, 4.69) is 0 Å². The van der Waals surface area contributed by atoms with Gasteiger partial charge in [0.2, 0.25) is 0 Å². The third kappa shape index (κ3) is 5.25. The van der Waals surface area contributed by atoms with Crippen molar-refractivity contribution in [3.63, 3.8) is 0 Å². The summed E-state index contributed by atoms with van der Waals surface area (Å²) >= 11 is 0. The number of nitrogens with zero attached hydrogens (tertiary/aromatic N) is 1. The normalized spacial score (nSPS) is 26.9. The van der Waals surface area contributed by atoms with Gasteiger partial charge in [0.1, 0.15) is 12.4 Å². The highest BCUT2D eigenvalue weighted by molar-refractivity contribution is 5.16. The molecule has 0 saturated heterocycles. The molecule has 0 amide bonds. The van der Waals surface area contributed by atoms with Crippen LogP contribution in [0, 0.1) is 11.8 Å². The highest BCUT2D eigenvalue weighted by Crippen LogP contribution is 2.38. The van der Waals surface area contributed by atoms with Crippen LogP contribution in [0.4, 0.5) is 17.6 Å². The van der Waals surface area contributed by atoms with Gasteiger partial charge in [0.15, 0.2) is 0 Å². The molecule has 0 fully saturated rings. The minimum Gasteiger partial charge on any atom is -0.374 e. The van der Waals surface area contributed by atoms with Gasteiger partial charge in [-0.25, -0.2) is 4.39 Å². The van der Waals surface area contributed by atoms with Crippen LogP contribution in [0.25, 0.3) is 0 Å². The molecule has 0 aromatic rings. The molecule has 1 N–H and O–H groups in total. The summed E-state index contributed by atoms with van der Waals surface area (Å²) in [5.74, 6) is -1.40. The molecule has 4 atom stereocenters. The minimum atomic E-state index is -4.46. The van der Waals surface area contributed by atoms with Crippen molar-refractivity contribution in [2.75, 3.05) is 7.05 Å². The second-order valence-corrected chi connectivity index (χ2v) is 6.44. The zero-order valence-electron chi connectivity index (χ0n) is 13.0. The first-order valence-electron chi connectivity index (χ1n) is 7.33. The Morgan fingerprint density at radius 3 is 2.38 bits per heavy atom. The first kappa shape index (κ1) is 18.4. The topological polar surface area (TPSA) is 23.5 Å². The van der Waals surface area contributed by atoms with Gasteiger partial charge in [-0.2, -0.15) is 13.2 Å². The Balaban J connectivity index is 2.84. The number of halogens is 4. The Morgan fingerprint density at radius 2 is 1.90 bits per heavy atom. The molecule has 2 nitrogen and oxygen atoms in total. The second kappa shape index (κ2) is 7.09. The fourth-order valence-electron chi connectivity index (χ4n) is 2.78. The van der Waals surface area contributed by atoms with Gasteiger partial charge in [-0.15, -0.1) is 0 Å². The lowest BCUT2D eigenvalue weighted by molar-refractivity contribution is -0.168. The molecule has 0 saturated carbocycles. The van der Waals surface area contributed by atoms with E-state index in [1.807, 2.05) is 20.8 Å². The highest BCUT2D eigenvalue weighted by Gasteiger charge is 2.43. The number of allylic oxidation sites excluding steroid dienone is 1. The zero-order chi connectivity index (χ0) is 16.4. The monoisotopic (exact) mass is 311 g/mol. The van der Waals surface area contributed by atoms with E-state index in [9.17, 15) is 22.7 Å². The standard InChI is InChI=1S/C15H25F4NO/c1-9(2)5-10(3)20(4)14(21)11-6-12(15(17,18)19)8-13(16)7-11/h6,9-10,12-14,21H,5,7-8H2,1-4H3/t10-,12?,13+,14?/m0/s1. The summed E-state index contributed by atoms with van der Waals surface area (Å²) in [6.45, 7) is 5.97. The Kier molecular flexibility index (Phi) is 6.23. The SMILES string of the molecule is CC(C)C[C@H](C)N(C)C(O)C1=CC(C(F)(F)F)C[C@H](F)C1. The lowest BCUT2D eigenvalue weighted by Crippen LogP contribution is -2.42. The molecule has 21 heavy (non-hydrogen) atoms. The lowest BCUT2D eigenvalue weighted by Gasteiger charge is -2.35. The second-order valence-electron chi connectivity index (χ2n) is 6.44. The molecular weight excluding hydrogens is 286 g/mol. The van der Waals surface area contributed by atoms with Crippen molar-refractivity contribution in [2.24, 2.45) is 11.8 Å². The van der Waals surface area contributed by atoms with E-state index in [-0.39, 0.29) is 18.0 Å². The van der Waals surface area contributed by atoms with Gasteiger partial charge in [0.05, 0.1) is 5.92 Å². The predicted molar refractivity (Wildman–Crippen MR) is 74.4 cm³/mol. The van der Waals surface area contributed by atoms with E-state index in [4.69, 9.17) is 0 Å². The summed E-state index contributed by atoms with van der Waals surface area (Å²) in [6, 6.07) is 0.00484. The molecule has 2 unspecified atom stereocenters. The molecule has 1 aliphatic rings. The van der Waals surface area contributed by atoms with Gasteiger partial charge in [-0.3, -0.25) is 4.90 Å². The Hall–Kier alpha value is -0.620. The van der Waals surface area contributed by atoms with Gasteiger partial charge in [-0.1, -0.05) is 19.9 Å². The van der Waals surface area contributed by atoms with Crippen molar-refractivity contribution in [1.29, 1.82) is 0 Å². The van der Waals surface area contributed by atoms with E-state index in [1.165, 1.54) is 0 Å². The number of likely N-dealkylation sites (N-methyl/N-ethyl adjacent to an activating group) is 1. The number of hydrogen-bond donors (Lipinski definition) is 1. The van der Waals surface area contributed by atoms with Crippen LogP contribution in [0.5, 0.6) is 0 Å². The van der Waals surface area contributed by atoms with Crippen LogP contribution in [0.3, 0.4) is 0 Å². The van der Waals surface area contributed by atoms with Gasteiger partial charge >= 0.3 is 6.18 Å². The van der Waals surface area contributed by atoms with Crippen molar-refractivity contribution in [1.82, 2.24) is 4.90 Å². The Labute approximate surface area is 123 Å². The first-order chi connectivity index (χ1) is 9.52. The van der Waals surface area contributed by atoms with Crippen molar-refractivity contribution in [2.45, 2.75) is 64.7 Å². The molecule has 0 aromatic carbocycles. The fourth-order valence-corrected chi connectivity index (χ4v) is 2.78. The maximum Gasteiger partial charge on any atom is 0.395 e. The molecular formula is C15H25F4NO. The summed E-state index contributed by atoms with van der Waals surface area (Å²) in [5, 5.41) is 10.3. The molecule has 0 aliphatic heterocycles. The van der Waals surface area contributed by atoms with Gasteiger partial charge in [-0.05, 0) is 38.3 Å². The third-order valence-corrected chi connectivity index (χ3v) is 4.03. The number of aliphatic hydroxyl groups is 1. The molecule has 0 heterocycles. The van der Waals surface area contributed by atoms with Crippen LogP contribution in [0.2, 0.25) is 0 Å². The van der Waals surface area contributed by atoms with Crippen LogP contribution in [0.15, 0.2) is 11.6 Å². The van der Waals surface area contributed by atoms with E-state index in [1.54, 1.807) is 11.9 Å². The number of alkyl halides is 4. The summed E-state index contributed by atoms with van der Waals surface area (Å²) in [4.78, 5) is 1.61. The van der Waals surface area contributed by atoms with Crippen LogP contribution in [0.1, 0.15) is 40.0 Å². The minimum absolute atomic E-state index is 0.00484. The summed E-state index contributed by atoms with van der Waals surface area (Å²) < 4.78 is 51.9. The molecule has 124 valence electrons. The van der Waals surface area contributed by atoms with Crippen LogP contribution < -0.4 is 0 Å². The van der Waals surface area contributed by atoms with Crippen molar-refractivity contribution in [3.8, 4) is 0 Å². The van der Waals surface area contributed by atoms with E-state index in [0.717, 1.165) is 12.5 Å². The van der Waals surface area contributed by atoms with E-state index in [0.29, 0.717) is 5.92 Å². The predicted octanol–water partition coefficient (Wildman–Crippen LogP) is 3.91. The quantitative estimate of drug-likeness (QED) is 0.473. The Morgan fingerprint density at radius 1 is 1.33 bits per heavy atom. The van der Waals surface area contributed by atoms with Crippen molar-refractivity contribution >= 4 is 0 Å². The van der Waals surface area contributed by atoms with Crippen LogP contribution in [-0.2, 0) is 0 Å². The first-order valence-corrected chi connectivity index (χ1v) is 7.33. The maximum absolute atomic E-state index is 13.6. The highest BCUT2D eigenvalue weighted by atomic mass is 19.4. The van der Waals surface area contributed by atoms with E-state index < -0.39 is 30.9 Å². The van der Waals surface area contributed by atoms with Gasteiger partial charge < -0.3 is 5.11 Å². The lowest BCUT2D eigenvalue weighted by atomic mass is 9.87. The number of rotatable bonds is 5. The van der Waals surface area contributed by atoms with Crippen LogP contribution >= 0.6 is 0 Å². The fraction of sp³-hybridized carbons (Fsp3) is 0.867. The molecule has 0 spiro atoms. The van der Waals surface area contributed by atoms with Crippen molar-refractivity contribution in [3.05, 3.63) is 11.6 Å². The van der Waals surface area contributed by atoms with Gasteiger partial charge in [0.25, 0.3) is 0 Å². The smallest absolute Gasteiger partial charge is 0.374 e. The summed E-state index contributed by atoms with van der Waals surface area (Å²) in [7, 11) is 1.66. The largest absolute Gasteiger partial charge is 0.395 e. The molecule has 1 rings (SSSR count). The Bertz CT molecular complexity index is 367.